The van der Waals surface area contributed by atoms with Gasteiger partial charge in [-0.05, 0) is 72.3 Å². The van der Waals surface area contributed by atoms with Gasteiger partial charge < -0.3 is 9.97 Å². The van der Waals surface area contributed by atoms with Crippen molar-refractivity contribution in [1.29, 1.82) is 0 Å². The fourth-order valence-corrected chi connectivity index (χ4v) is 4.35. The van der Waals surface area contributed by atoms with Crippen LogP contribution in [0.25, 0.3) is 22.5 Å². The maximum absolute atomic E-state index is 8.91. The molecular formula is C41H46IrN2-2. The second-order valence-electron chi connectivity index (χ2n) is 10.8. The Labute approximate surface area is 299 Å². The van der Waals surface area contributed by atoms with E-state index in [-0.39, 0.29) is 47.9 Å². The van der Waals surface area contributed by atoms with Crippen LogP contribution < -0.4 is 0 Å². The van der Waals surface area contributed by atoms with E-state index in [1.165, 1.54) is 42.7 Å². The van der Waals surface area contributed by atoms with E-state index in [0.717, 1.165) is 11.1 Å². The Morgan fingerprint density at radius 2 is 1.32 bits per heavy atom. The van der Waals surface area contributed by atoms with Crippen molar-refractivity contribution in [3.63, 3.8) is 0 Å². The van der Waals surface area contributed by atoms with Gasteiger partial charge in [-0.2, -0.15) is 0 Å². The quantitative estimate of drug-likeness (QED) is 0.147. The Kier molecular flexibility index (Phi) is 7.51. The van der Waals surface area contributed by atoms with E-state index >= 15 is 0 Å². The van der Waals surface area contributed by atoms with Crippen molar-refractivity contribution in [2.24, 2.45) is 11.8 Å². The van der Waals surface area contributed by atoms with E-state index < -0.39 is 51.0 Å². The van der Waals surface area contributed by atoms with Crippen LogP contribution in [-0.4, -0.2) is 9.97 Å². The second-order valence-corrected chi connectivity index (χ2v) is 10.8. The Balaban J connectivity index is 0.000000310. The first-order valence-corrected chi connectivity index (χ1v) is 14.2. The van der Waals surface area contributed by atoms with Gasteiger partial charge in [0.15, 0.2) is 0 Å². The van der Waals surface area contributed by atoms with Crippen molar-refractivity contribution in [3.05, 3.63) is 142 Å². The number of aromatic nitrogens is 2. The summed E-state index contributed by atoms with van der Waals surface area (Å²) >= 11 is 0. The Hall–Kier alpha value is -3.39. The van der Waals surface area contributed by atoms with Crippen molar-refractivity contribution in [1.82, 2.24) is 9.97 Å². The third kappa shape index (κ3) is 9.81. The fourth-order valence-electron chi connectivity index (χ4n) is 4.35. The minimum absolute atomic E-state index is 0. The summed E-state index contributed by atoms with van der Waals surface area (Å²) in [6.45, 7) is 1.42. The minimum atomic E-state index is -2.49. The molecule has 3 heteroatoms. The van der Waals surface area contributed by atoms with Gasteiger partial charge in [-0.3, -0.25) is 0 Å². The van der Waals surface area contributed by atoms with Crippen LogP contribution in [0, 0.1) is 44.5 Å². The van der Waals surface area contributed by atoms with Gasteiger partial charge in [0.25, 0.3) is 0 Å². The first-order chi connectivity index (χ1) is 26.1. The molecule has 0 fully saturated rings. The van der Waals surface area contributed by atoms with Crippen molar-refractivity contribution >= 4 is 0 Å². The summed E-state index contributed by atoms with van der Waals surface area (Å²) in [6.07, 6.45) is -1.29. The van der Waals surface area contributed by atoms with E-state index in [1.807, 2.05) is 49.4 Å². The average Bonchev–Trinajstić information content (AvgIpc) is 3.14. The summed E-state index contributed by atoms with van der Waals surface area (Å²) in [4.78, 5) is 8.47. The molecule has 5 rings (SSSR count). The first-order valence-electron chi connectivity index (χ1n) is 21.2. The maximum atomic E-state index is 8.91. The predicted octanol–water partition coefficient (Wildman–Crippen LogP) is 10.6. The normalized spacial score (nSPS) is 18.4. The van der Waals surface area contributed by atoms with Gasteiger partial charge in [-0.1, -0.05) is 95.1 Å². The summed E-state index contributed by atoms with van der Waals surface area (Å²) < 4.78 is 111. The topological polar surface area (TPSA) is 25.8 Å². The number of rotatable bonds is 8. The fraction of sp³-hybridized carbons (Fsp3) is 0.317. The molecule has 0 bridgehead atoms. The molecule has 5 aromatic rings. The molecule has 0 aliphatic heterocycles. The van der Waals surface area contributed by atoms with Gasteiger partial charge >= 0.3 is 0 Å². The maximum Gasteiger partial charge on any atom is 0.0383 e. The zero-order chi connectivity index (χ0) is 42.9. The zero-order valence-corrected chi connectivity index (χ0v) is 27.9. The smallest absolute Gasteiger partial charge is 0.0383 e. The van der Waals surface area contributed by atoms with Gasteiger partial charge in [0, 0.05) is 51.7 Å². The number of hydrogen-bond acceptors (Lipinski definition) is 2. The average molecular weight is 773 g/mol. The SMILES string of the molecule is [2H]C([2H])([2H])c1c[c-]c(-c2cc(C([2H])([2H])C(C)C)c(C([2H])([2H])[2H])cn2)cc1.[2H]C([2H])([2H])c1cnc(-c2[c-]ccc(C([2H])(C)c3ccccc3)c2)cc1C([2H])([2H])C(C)C.[Ir]. The van der Waals surface area contributed by atoms with Crippen LogP contribution >= 0.6 is 0 Å². The largest absolute Gasteiger partial charge is 0.304 e. The summed E-state index contributed by atoms with van der Waals surface area (Å²) in [5.41, 5.74) is 3.51. The molecule has 0 aliphatic rings. The van der Waals surface area contributed by atoms with E-state index in [9.17, 15) is 0 Å². The van der Waals surface area contributed by atoms with Crippen LogP contribution in [0.4, 0.5) is 0 Å². The first kappa shape index (κ1) is 19.9. The van der Waals surface area contributed by atoms with Gasteiger partial charge in [0.05, 0.1) is 0 Å². The van der Waals surface area contributed by atoms with Crippen molar-refractivity contribution < 1.29 is 39.3 Å². The van der Waals surface area contributed by atoms with E-state index in [0.29, 0.717) is 22.5 Å². The van der Waals surface area contributed by atoms with Crippen LogP contribution in [0.5, 0.6) is 0 Å². The van der Waals surface area contributed by atoms with Crippen molar-refractivity contribution in [3.8, 4) is 22.5 Å². The molecule has 1 atom stereocenters. The van der Waals surface area contributed by atoms with E-state index in [1.54, 1.807) is 33.8 Å². The number of nitrogens with zero attached hydrogens (tertiary/aromatic N) is 2. The van der Waals surface area contributed by atoms with Crippen LogP contribution in [0.3, 0.4) is 0 Å². The summed E-state index contributed by atoms with van der Waals surface area (Å²) in [7, 11) is 0. The third-order valence-electron chi connectivity index (χ3n) is 6.50. The molecule has 1 unspecified atom stereocenters. The molecule has 0 spiro atoms. The van der Waals surface area contributed by atoms with E-state index in [2.05, 4.69) is 22.1 Å². The van der Waals surface area contributed by atoms with Crippen LogP contribution in [-0.2, 0) is 32.9 Å². The molecule has 2 aromatic heterocycles. The summed E-state index contributed by atoms with van der Waals surface area (Å²) in [5.74, 6) is -1.87. The second kappa shape index (κ2) is 16.6. The number of pyridine rings is 2. The van der Waals surface area contributed by atoms with Crippen LogP contribution in [0.2, 0.25) is 0 Å². The minimum Gasteiger partial charge on any atom is -0.304 e. The molecule has 2 nitrogen and oxygen atoms in total. The molecular weight excluding hydrogens is 713 g/mol. The molecule has 231 valence electrons. The third-order valence-corrected chi connectivity index (χ3v) is 6.50. The number of hydrogen-bond donors (Lipinski definition) is 0. The van der Waals surface area contributed by atoms with Gasteiger partial charge in [0.1, 0.15) is 0 Å². The molecule has 0 N–H and O–H groups in total. The molecule has 0 aliphatic carbocycles. The monoisotopic (exact) mass is 773 g/mol. The molecule has 0 amide bonds. The van der Waals surface area contributed by atoms with Crippen LogP contribution in [0.15, 0.2) is 91.3 Å². The zero-order valence-electron chi connectivity index (χ0n) is 39.5. The molecule has 44 heavy (non-hydrogen) atoms. The summed E-state index contributed by atoms with van der Waals surface area (Å²) in [6, 6.07) is 28.1. The molecule has 3 aromatic carbocycles. The summed E-state index contributed by atoms with van der Waals surface area (Å²) in [5, 5.41) is 0. The van der Waals surface area contributed by atoms with Crippen molar-refractivity contribution in [2.45, 2.75) is 73.8 Å². The van der Waals surface area contributed by atoms with Gasteiger partial charge in [-0.25, -0.2) is 0 Å². The van der Waals surface area contributed by atoms with Gasteiger partial charge in [0.2, 0.25) is 0 Å². The predicted molar refractivity (Wildman–Crippen MR) is 182 cm³/mol. The molecule has 1 radical (unpaired) electrons. The number of benzene rings is 3. The Morgan fingerprint density at radius 1 is 0.705 bits per heavy atom. The Bertz CT molecular complexity index is 2140. The standard InChI is InChI=1S/C24H26N.C17H20N.Ir/c1-17(2)13-23-15-24(25-16-18(23)3)22-12-8-11-21(14-22)19(4)20-9-6-5-7-10-20;1-12(2)9-16-10-17(18-11-14(16)4)15-7-5-13(3)6-8-15;/h5-11,14-17,19H,13H2,1-4H3;5-7,10-12H,9H2,1-4H3;/q2*-1;/i3D3,13D2,19D;3D3,4D3,9D2;. The molecule has 0 saturated heterocycles. The molecule has 2 heterocycles. The van der Waals surface area contributed by atoms with E-state index in [4.69, 9.17) is 19.2 Å². The van der Waals surface area contributed by atoms with Crippen LogP contribution in [0.1, 0.15) is 98.6 Å². The van der Waals surface area contributed by atoms with Gasteiger partial charge in [-0.15, -0.1) is 70.8 Å². The Morgan fingerprint density at radius 3 is 1.84 bits per heavy atom. The number of aryl methyl sites for hydroxylation is 3. The van der Waals surface area contributed by atoms with Crippen molar-refractivity contribution in [2.75, 3.05) is 0 Å². The molecule has 0 saturated carbocycles.